The number of nitrogens with zero attached hydrogens (tertiary/aromatic N) is 2. The van der Waals surface area contributed by atoms with E-state index in [-0.39, 0.29) is 6.04 Å². The third-order valence-corrected chi connectivity index (χ3v) is 5.30. The third-order valence-electron chi connectivity index (χ3n) is 4.56. The van der Waals surface area contributed by atoms with Crippen LogP contribution in [0.4, 0.5) is 5.69 Å². The summed E-state index contributed by atoms with van der Waals surface area (Å²) in [5, 5.41) is 0. The van der Waals surface area contributed by atoms with Gasteiger partial charge in [0.1, 0.15) is 0 Å². The van der Waals surface area contributed by atoms with Crippen molar-refractivity contribution in [3.63, 3.8) is 0 Å². The summed E-state index contributed by atoms with van der Waals surface area (Å²) < 4.78 is 1.17. The van der Waals surface area contributed by atoms with Crippen LogP contribution in [-0.2, 0) is 13.0 Å². The second kappa shape index (κ2) is 8.15. The summed E-state index contributed by atoms with van der Waals surface area (Å²) in [5.74, 6) is 0. The number of halogens is 1. The van der Waals surface area contributed by atoms with Crippen molar-refractivity contribution in [1.82, 2.24) is 4.90 Å². The molecule has 0 saturated carbocycles. The highest BCUT2D eigenvalue weighted by molar-refractivity contribution is 9.10. The number of anilines is 1. The molecule has 1 atom stereocenters. The lowest BCUT2D eigenvalue weighted by Crippen LogP contribution is -2.46. The van der Waals surface area contributed by atoms with Gasteiger partial charge in [-0.15, -0.1) is 0 Å². The van der Waals surface area contributed by atoms with Gasteiger partial charge in [0, 0.05) is 48.9 Å². The number of nitrogens with two attached hydrogens (primary N) is 1. The molecule has 0 amide bonds. The van der Waals surface area contributed by atoms with Crippen LogP contribution in [0.5, 0.6) is 0 Å². The van der Waals surface area contributed by atoms with E-state index in [0.717, 1.165) is 39.1 Å². The van der Waals surface area contributed by atoms with Crippen LogP contribution in [0.15, 0.2) is 53.0 Å². The molecule has 1 aliphatic heterocycles. The van der Waals surface area contributed by atoms with Crippen molar-refractivity contribution in [3.8, 4) is 0 Å². The molecule has 0 bridgehead atoms. The Balaban J connectivity index is 1.57. The molecule has 2 N–H and O–H groups in total. The van der Waals surface area contributed by atoms with Crippen molar-refractivity contribution in [2.24, 2.45) is 5.73 Å². The fourth-order valence-corrected chi connectivity index (χ4v) is 3.78. The predicted octanol–water partition coefficient (Wildman–Crippen LogP) is 3.66. The highest BCUT2D eigenvalue weighted by atomic mass is 79.9. The Morgan fingerprint density at radius 3 is 2.38 bits per heavy atom. The minimum Gasteiger partial charge on any atom is -0.369 e. The topological polar surface area (TPSA) is 32.5 Å². The maximum atomic E-state index is 5.92. The van der Waals surface area contributed by atoms with Gasteiger partial charge in [0.15, 0.2) is 0 Å². The van der Waals surface area contributed by atoms with Crippen LogP contribution in [0, 0.1) is 0 Å². The molecule has 128 valence electrons. The number of hydrogen-bond acceptors (Lipinski definition) is 3. The molecule has 3 nitrogen and oxygen atoms in total. The van der Waals surface area contributed by atoms with Crippen LogP contribution in [0.1, 0.15) is 18.1 Å². The highest BCUT2D eigenvalue weighted by Gasteiger charge is 2.18. The molecule has 24 heavy (non-hydrogen) atoms. The van der Waals surface area contributed by atoms with Crippen molar-refractivity contribution in [3.05, 3.63) is 64.1 Å². The summed E-state index contributed by atoms with van der Waals surface area (Å²) >= 11 is 3.71. The summed E-state index contributed by atoms with van der Waals surface area (Å²) in [6.07, 6.45) is 0.908. The lowest BCUT2D eigenvalue weighted by Gasteiger charge is -2.36. The SMILES string of the molecule is CC(N)Cc1ccc(N2CCN(Cc3ccccc3)CC2)cc1Br. The number of rotatable bonds is 5. The summed E-state index contributed by atoms with van der Waals surface area (Å²) in [4.78, 5) is 5.01. The monoisotopic (exact) mass is 387 g/mol. The van der Waals surface area contributed by atoms with Gasteiger partial charge in [0.2, 0.25) is 0 Å². The average molecular weight is 388 g/mol. The second-order valence-electron chi connectivity index (χ2n) is 6.71. The van der Waals surface area contributed by atoms with Crippen LogP contribution < -0.4 is 10.6 Å². The van der Waals surface area contributed by atoms with Gasteiger partial charge in [0.05, 0.1) is 0 Å². The van der Waals surface area contributed by atoms with E-state index in [2.05, 4.69) is 74.3 Å². The second-order valence-corrected chi connectivity index (χ2v) is 7.56. The van der Waals surface area contributed by atoms with Gasteiger partial charge >= 0.3 is 0 Å². The number of benzene rings is 2. The summed E-state index contributed by atoms with van der Waals surface area (Å²) in [5.41, 5.74) is 9.90. The van der Waals surface area contributed by atoms with E-state index in [9.17, 15) is 0 Å². The third kappa shape index (κ3) is 4.59. The molecular formula is C20H26BrN3. The fourth-order valence-electron chi connectivity index (χ4n) is 3.25. The molecule has 4 heteroatoms. The van der Waals surface area contributed by atoms with Crippen molar-refractivity contribution < 1.29 is 0 Å². The molecule has 2 aromatic rings. The lowest BCUT2D eigenvalue weighted by molar-refractivity contribution is 0.250. The molecule has 3 rings (SSSR count). The molecule has 1 heterocycles. The molecule has 0 radical (unpaired) electrons. The molecule has 1 saturated heterocycles. The maximum absolute atomic E-state index is 5.92. The molecule has 1 fully saturated rings. The zero-order valence-corrected chi connectivity index (χ0v) is 15.9. The number of piperazine rings is 1. The predicted molar refractivity (Wildman–Crippen MR) is 105 cm³/mol. The Morgan fingerprint density at radius 1 is 1.04 bits per heavy atom. The van der Waals surface area contributed by atoms with E-state index in [1.165, 1.54) is 21.3 Å². The normalized spacial score (nSPS) is 17.0. The molecular weight excluding hydrogens is 362 g/mol. The molecule has 0 aliphatic carbocycles. The molecule has 0 aromatic heterocycles. The Labute approximate surface area is 153 Å². The fraction of sp³-hybridized carbons (Fsp3) is 0.400. The average Bonchev–Trinajstić information content (AvgIpc) is 2.58. The first kappa shape index (κ1) is 17.5. The van der Waals surface area contributed by atoms with Crippen molar-refractivity contribution in [2.45, 2.75) is 25.9 Å². The van der Waals surface area contributed by atoms with E-state index in [1.807, 2.05) is 6.92 Å². The first-order valence-corrected chi connectivity index (χ1v) is 9.46. The summed E-state index contributed by atoms with van der Waals surface area (Å²) in [6.45, 7) is 7.46. The quantitative estimate of drug-likeness (QED) is 0.849. The first-order chi connectivity index (χ1) is 11.6. The Hall–Kier alpha value is -1.36. The largest absolute Gasteiger partial charge is 0.369 e. The smallest absolute Gasteiger partial charge is 0.0378 e. The standard InChI is InChI=1S/C20H26BrN3/c1-16(22)13-18-7-8-19(14-20(18)21)24-11-9-23(10-12-24)15-17-5-3-2-4-6-17/h2-8,14,16H,9-13,15,22H2,1H3. The first-order valence-electron chi connectivity index (χ1n) is 8.67. The van der Waals surface area contributed by atoms with Crippen molar-refractivity contribution in [1.29, 1.82) is 0 Å². The van der Waals surface area contributed by atoms with E-state index in [1.54, 1.807) is 0 Å². The summed E-state index contributed by atoms with van der Waals surface area (Å²) in [6, 6.07) is 17.6. The van der Waals surface area contributed by atoms with E-state index in [4.69, 9.17) is 5.73 Å². The van der Waals surface area contributed by atoms with Gasteiger partial charge in [-0.1, -0.05) is 52.3 Å². The van der Waals surface area contributed by atoms with Gasteiger partial charge < -0.3 is 10.6 Å². The zero-order valence-electron chi connectivity index (χ0n) is 14.3. The minimum atomic E-state index is 0.189. The van der Waals surface area contributed by atoms with Gasteiger partial charge in [-0.05, 0) is 36.6 Å². The van der Waals surface area contributed by atoms with E-state index >= 15 is 0 Å². The molecule has 0 spiro atoms. The van der Waals surface area contributed by atoms with Crippen LogP contribution in [-0.4, -0.2) is 37.1 Å². The van der Waals surface area contributed by atoms with Gasteiger partial charge in [0.25, 0.3) is 0 Å². The number of hydrogen-bond donors (Lipinski definition) is 1. The maximum Gasteiger partial charge on any atom is 0.0378 e. The van der Waals surface area contributed by atoms with Crippen LogP contribution in [0.2, 0.25) is 0 Å². The van der Waals surface area contributed by atoms with Crippen LogP contribution in [0.3, 0.4) is 0 Å². The van der Waals surface area contributed by atoms with Gasteiger partial charge in [-0.2, -0.15) is 0 Å². The van der Waals surface area contributed by atoms with E-state index < -0.39 is 0 Å². The Bertz CT molecular complexity index is 649. The minimum absolute atomic E-state index is 0.189. The molecule has 1 aliphatic rings. The van der Waals surface area contributed by atoms with Gasteiger partial charge in [-0.3, -0.25) is 4.90 Å². The summed E-state index contributed by atoms with van der Waals surface area (Å²) in [7, 11) is 0. The highest BCUT2D eigenvalue weighted by Crippen LogP contribution is 2.26. The van der Waals surface area contributed by atoms with Gasteiger partial charge in [-0.25, -0.2) is 0 Å². The Kier molecular flexibility index (Phi) is 5.93. The lowest BCUT2D eigenvalue weighted by atomic mass is 10.1. The van der Waals surface area contributed by atoms with Crippen LogP contribution in [0.25, 0.3) is 0 Å². The van der Waals surface area contributed by atoms with Crippen molar-refractivity contribution in [2.75, 3.05) is 31.1 Å². The zero-order chi connectivity index (χ0) is 16.9. The molecule has 1 unspecified atom stereocenters. The Morgan fingerprint density at radius 2 is 1.75 bits per heavy atom. The van der Waals surface area contributed by atoms with Crippen LogP contribution >= 0.6 is 15.9 Å². The van der Waals surface area contributed by atoms with Crippen molar-refractivity contribution >= 4 is 21.6 Å². The molecule has 2 aromatic carbocycles. The van der Waals surface area contributed by atoms with E-state index in [0.29, 0.717) is 0 Å².